The molecule has 1 atom stereocenters. The number of benzene rings is 2. The lowest BCUT2D eigenvalue weighted by Gasteiger charge is -2.16. The molecule has 0 bridgehead atoms. The molecule has 2 rings (SSSR count). The van der Waals surface area contributed by atoms with Crippen LogP contribution in [0.2, 0.25) is 0 Å². The number of nitrogens with zero attached hydrogens (tertiary/aromatic N) is 1. The van der Waals surface area contributed by atoms with Crippen molar-refractivity contribution in [3.8, 4) is 6.07 Å². The minimum Gasteiger partial charge on any atom is -0.379 e. The topological polar surface area (TPSA) is 35.8 Å². The fourth-order valence-corrected chi connectivity index (χ4v) is 2.00. The van der Waals surface area contributed by atoms with Gasteiger partial charge in [-0.05, 0) is 37.1 Å². The van der Waals surface area contributed by atoms with Gasteiger partial charge in [0.25, 0.3) is 0 Å². The zero-order valence-corrected chi connectivity index (χ0v) is 11.4. The first-order chi connectivity index (χ1) is 9.19. The van der Waals surface area contributed by atoms with Crippen LogP contribution in [0, 0.1) is 18.3 Å². The highest BCUT2D eigenvalue weighted by molar-refractivity contribution is 5.47. The fourth-order valence-electron chi connectivity index (χ4n) is 2.00. The Balaban J connectivity index is 2.04. The Morgan fingerprint density at radius 2 is 1.68 bits per heavy atom. The quantitative estimate of drug-likeness (QED) is 0.881. The Bertz CT molecular complexity index is 562. The number of anilines is 1. The first-order valence-electron chi connectivity index (χ1n) is 6.48. The van der Waals surface area contributed by atoms with Crippen molar-refractivity contribution in [3.05, 3.63) is 65.2 Å². The van der Waals surface area contributed by atoms with E-state index in [-0.39, 0.29) is 6.04 Å². The van der Waals surface area contributed by atoms with Gasteiger partial charge in [-0.1, -0.05) is 42.0 Å². The first-order valence-corrected chi connectivity index (χ1v) is 6.48. The number of nitrogens with one attached hydrogen (secondary N) is 1. The van der Waals surface area contributed by atoms with Crippen LogP contribution in [0.25, 0.3) is 0 Å². The molecule has 0 aliphatic rings. The predicted molar refractivity (Wildman–Crippen MR) is 79.0 cm³/mol. The van der Waals surface area contributed by atoms with Crippen molar-refractivity contribution < 1.29 is 0 Å². The summed E-state index contributed by atoms with van der Waals surface area (Å²) in [5, 5.41) is 12.1. The Morgan fingerprint density at radius 3 is 2.26 bits per heavy atom. The lowest BCUT2D eigenvalue weighted by Crippen LogP contribution is -2.06. The molecule has 0 heterocycles. The highest BCUT2D eigenvalue weighted by atomic mass is 14.9. The van der Waals surface area contributed by atoms with Crippen LogP contribution in [0.4, 0.5) is 5.69 Å². The molecule has 0 aliphatic carbocycles. The molecule has 2 aromatic rings. The normalized spacial score (nSPS) is 11.6. The number of hydrogen-bond donors (Lipinski definition) is 1. The van der Waals surface area contributed by atoms with E-state index >= 15 is 0 Å². The van der Waals surface area contributed by atoms with E-state index in [0.717, 1.165) is 11.3 Å². The van der Waals surface area contributed by atoms with Crippen molar-refractivity contribution in [3.63, 3.8) is 0 Å². The van der Waals surface area contributed by atoms with Crippen LogP contribution in [0.3, 0.4) is 0 Å². The molecule has 1 N–H and O–H groups in total. The molecule has 0 aliphatic heterocycles. The maximum Gasteiger partial charge on any atom is 0.0669 e. The third kappa shape index (κ3) is 3.59. The van der Waals surface area contributed by atoms with Crippen LogP contribution in [0.5, 0.6) is 0 Å². The molecule has 19 heavy (non-hydrogen) atoms. The van der Waals surface area contributed by atoms with E-state index in [2.05, 4.69) is 49.5 Å². The standard InChI is InChI=1S/C17H18N2/c1-13-3-7-16(8-4-13)14(2)19-17-9-5-15(6-10-17)11-12-18/h3-10,14,19H,11H2,1-2H3. The minimum absolute atomic E-state index is 0.266. The van der Waals surface area contributed by atoms with Crippen molar-refractivity contribution in [2.45, 2.75) is 26.3 Å². The van der Waals surface area contributed by atoms with Crippen molar-refractivity contribution in [2.75, 3.05) is 5.32 Å². The Labute approximate surface area is 114 Å². The lowest BCUT2D eigenvalue weighted by molar-refractivity contribution is 0.884. The Morgan fingerprint density at radius 1 is 1.05 bits per heavy atom. The van der Waals surface area contributed by atoms with Gasteiger partial charge in [0.15, 0.2) is 0 Å². The molecule has 0 aromatic heterocycles. The van der Waals surface area contributed by atoms with E-state index in [4.69, 9.17) is 5.26 Å². The van der Waals surface area contributed by atoms with Crippen LogP contribution >= 0.6 is 0 Å². The second-order valence-corrected chi connectivity index (χ2v) is 4.81. The molecule has 0 fully saturated rings. The summed E-state index contributed by atoms with van der Waals surface area (Å²) in [7, 11) is 0. The van der Waals surface area contributed by atoms with E-state index in [9.17, 15) is 0 Å². The Kier molecular flexibility index (Phi) is 4.20. The number of hydrogen-bond acceptors (Lipinski definition) is 2. The van der Waals surface area contributed by atoms with Crippen molar-refractivity contribution in [2.24, 2.45) is 0 Å². The lowest BCUT2D eigenvalue weighted by atomic mass is 10.1. The van der Waals surface area contributed by atoms with Gasteiger partial charge in [-0.3, -0.25) is 0 Å². The summed E-state index contributed by atoms with van der Waals surface area (Å²) in [4.78, 5) is 0. The molecule has 0 radical (unpaired) electrons. The Hall–Kier alpha value is -2.27. The molecular weight excluding hydrogens is 232 g/mol. The van der Waals surface area contributed by atoms with Gasteiger partial charge in [0, 0.05) is 11.7 Å². The molecule has 0 saturated heterocycles. The smallest absolute Gasteiger partial charge is 0.0669 e. The number of nitriles is 1. The van der Waals surface area contributed by atoms with Crippen LogP contribution < -0.4 is 5.32 Å². The van der Waals surface area contributed by atoms with Gasteiger partial charge >= 0.3 is 0 Å². The van der Waals surface area contributed by atoms with Crippen LogP contribution in [-0.4, -0.2) is 0 Å². The molecule has 96 valence electrons. The highest BCUT2D eigenvalue weighted by Gasteiger charge is 2.04. The average Bonchev–Trinajstić information content (AvgIpc) is 2.42. The molecular formula is C17H18N2. The van der Waals surface area contributed by atoms with Crippen molar-refractivity contribution in [1.29, 1.82) is 5.26 Å². The third-order valence-electron chi connectivity index (χ3n) is 3.20. The van der Waals surface area contributed by atoms with E-state index in [1.165, 1.54) is 11.1 Å². The molecule has 2 aromatic carbocycles. The zero-order valence-electron chi connectivity index (χ0n) is 11.4. The molecule has 0 saturated carbocycles. The third-order valence-corrected chi connectivity index (χ3v) is 3.20. The summed E-state index contributed by atoms with van der Waals surface area (Å²) in [6, 6.07) is 19.0. The second kappa shape index (κ2) is 6.06. The highest BCUT2D eigenvalue weighted by Crippen LogP contribution is 2.20. The van der Waals surface area contributed by atoms with Crippen molar-refractivity contribution in [1.82, 2.24) is 0 Å². The maximum absolute atomic E-state index is 8.64. The zero-order chi connectivity index (χ0) is 13.7. The largest absolute Gasteiger partial charge is 0.379 e. The molecule has 2 heteroatoms. The SMILES string of the molecule is Cc1ccc(C(C)Nc2ccc(CC#N)cc2)cc1. The molecule has 1 unspecified atom stereocenters. The minimum atomic E-state index is 0.266. The van der Waals surface area contributed by atoms with E-state index in [1.54, 1.807) is 0 Å². The van der Waals surface area contributed by atoms with Gasteiger partial charge in [0.1, 0.15) is 0 Å². The molecule has 0 spiro atoms. The summed E-state index contributed by atoms with van der Waals surface area (Å²) in [5.74, 6) is 0. The molecule has 0 amide bonds. The summed E-state index contributed by atoms with van der Waals surface area (Å²) < 4.78 is 0. The summed E-state index contributed by atoms with van der Waals surface area (Å²) >= 11 is 0. The van der Waals surface area contributed by atoms with Crippen LogP contribution in [-0.2, 0) is 6.42 Å². The summed E-state index contributed by atoms with van der Waals surface area (Å²) in [6.07, 6.45) is 0.466. The van der Waals surface area contributed by atoms with Crippen molar-refractivity contribution >= 4 is 5.69 Å². The average molecular weight is 250 g/mol. The fraction of sp³-hybridized carbons (Fsp3) is 0.235. The van der Waals surface area contributed by atoms with Gasteiger partial charge in [-0.15, -0.1) is 0 Å². The predicted octanol–water partition coefficient (Wildman–Crippen LogP) is 4.23. The van der Waals surface area contributed by atoms with Gasteiger partial charge in [-0.25, -0.2) is 0 Å². The van der Waals surface area contributed by atoms with Crippen LogP contribution in [0.15, 0.2) is 48.5 Å². The van der Waals surface area contributed by atoms with Gasteiger partial charge < -0.3 is 5.32 Å². The van der Waals surface area contributed by atoms with E-state index in [1.807, 2.05) is 24.3 Å². The maximum atomic E-state index is 8.64. The molecule has 2 nitrogen and oxygen atoms in total. The monoisotopic (exact) mass is 250 g/mol. The number of rotatable bonds is 4. The van der Waals surface area contributed by atoms with E-state index < -0.39 is 0 Å². The second-order valence-electron chi connectivity index (χ2n) is 4.81. The van der Waals surface area contributed by atoms with Gasteiger partial charge in [-0.2, -0.15) is 5.26 Å². The first kappa shape index (κ1) is 13.2. The van der Waals surface area contributed by atoms with Gasteiger partial charge in [0.2, 0.25) is 0 Å². The van der Waals surface area contributed by atoms with Gasteiger partial charge in [0.05, 0.1) is 12.5 Å². The summed E-state index contributed by atoms with van der Waals surface area (Å²) in [6.45, 7) is 4.24. The van der Waals surface area contributed by atoms with E-state index in [0.29, 0.717) is 6.42 Å². The summed E-state index contributed by atoms with van der Waals surface area (Å²) in [5.41, 5.74) is 4.68. The van der Waals surface area contributed by atoms with Crippen LogP contribution in [0.1, 0.15) is 29.7 Å². The number of aryl methyl sites for hydroxylation is 1.